The third-order valence-corrected chi connectivity index (χ3v) is 3.29. The summed E-state index contributed by atoms with van der Waals surface area (Å²) in [6, 6.07) is 0. The molecule has 1 amide bonds. The third-order valence-electron chi connectivity index (χ3n) is 2.46. The number of amides is 1. The fourth-order valence-corrected chi connectivity index (χ4v) is 1.90. The number of aliphatic carboxylic acids is 1. The van der Waals surface area contributed by atoms with E-state index >= 15 is 0 Å². The molecule has 1 aromatic heterocycles. The van der Waals surface area contributed by atoms with Crippen molar-refractivity contribution in [2.75, 3.05) is 6.54 Å². The van der Waals surface area contributed by atoms with Crippen molar-refractivity contribution < 1.29 is 14.7 Å². The summed E-state index contributed by atoms with van der Waals surface area (Å²) < 4.78 is 3.65. The van der Waals surface area contributed by atoms with Gasteiger partial charge in [0.05, 0.1) is 11.6 Å². The topological polar surface area (TPSA) is 92.2 Å². The van der Waals surface area contributed by atoms with Gasteiger partial charge < -0.3 is 10.4 Å². The molecule has 1 atom stereocenters. The number of aromatic nitrogens is 2. The van der Waals surface area contributed by atoms with Crippen molar-refractivity contribution in [3.05, 3.63) is 10.6 Å². The van der Waals surface area contributed by atoms with E-state index < -0.39 is 11.9 Å². The fraction of sp³-hybridized carbons (Fsp3) is 0.600. The minimum atomic E-state index is -0.903. The Hall–Kier alpha value is -1.50. The van der Waals surface area contributed by atoms with Crippen molar-refractivity contribution in [2.24, 2.45) is 11.8 Å². The number of nitrogens with zero attached hydrogens (tertiary/aromatic N) is 2. The number of carboxylic acids is 1. The summed E-state index contributed by atoms with van der Waals surface area (Å²) in [5.74, 6) is -1.84. The Morgan fingerprint density at radius 2 is 2.12 bits per heavy atom. The lowest BCUT2D eigenvalue weighted by molar-refractivity contribution is -0.142. The van der Waals surface area contributed by atoms with Gasteiger partial charge in [-0.15, -0.1) is 5.10 Å². The normalized spacial score (nSPS) is 12.5. The maximum atomic E-state index is 11.7. The van der Waals surface area contributed by atoms with E-state index in [4.69, 9.17) is 5.11 Å². The van der Waals surface area contributed by atoms with Gasteiger partial charge in [-0.3, -0.25) is 9.59 Å². The molecule has 0 fully saturated rings. The smallest absolute Gasteiger partial charge is 0.308 e. The van der Waals surface area contributed by atoms with Crippen LogP contribution in [0.5, 0.6) is 0 Å². The molecule has 0 aliphatic carbocycles. The molecule has 17 heavy (non-hydrogen) atoms. The minimum absolute atomic E-state index is 0.0338. The lowest BCUT2D eigenvalue weighted by atomic mass is 9.96. The van der Waals surface area contributed by atoms with Crippen molar-refractivity contribution in [1.82, 2.24) is 14.9 Å². The average molecular weight is 257 g/mol. The first-order chi connectivity index (χ1) is 7.93. The highest BCUT2D eigenvalue weighted by atomic mass is 32.1. The Kier molecular flexibility index (Phi) is 4.56. The molecule has 0 aliphatic heterocycles. The molecule has 1 aromatic rings. The van der Waals surface area contributed by atoms with Gasteiger partial charge in [-0.05, 0) is 24.4 Å². The van der Waals surface area contributed by atoms with Crippen LogP contribution in [0.2, 0.25) is 0 Å². The third kappa shape index (κ3) is 3.48. The lowest BCUT2D eigenvalue weighted by Crippen LogP contribution is -2.35. The van der Waals surface area contributed by atoms with E-state index in [9.17, 15) is 9.59 Å². The number of aryl methyl sites for hydroxylation is 1. The molecule has 0 bridgehead atoms. The molecular weight excluding hydrogens is 242 g/mol. The van der Waals surface area contributed by atoms with Crippen molar-refractivity contribution >= 4 is 23.4 Å². The highest BCUT2D eigenvalue weighted by Gasteiger charge is 2.23. The van der Waals surface area contributed by atoms with Gasteiger partial charge in [0.25, 0.3) is 5.91 Å². The first kappa shape index (κ1) is 13.6. The summed E-state index contributed by atoms with van der Waals surface area (Å²) >= 11 is 1.01. The van der Waals surface area contributed by atoms with Crippen LogP contribution in [0.15, 0.2) is 0 Å². The van der Waals surface area contributed by atoms with Gasteiger partial charge in [0.1, 0.15) is 4.88 Å². The van der Waals surface area contributed by atoms with Crippen LogP contribution in [0.4, 0.5) is 0 Å². The van der Waals surface area contributed by atoms with Crippen LogP contribution in [0.1, 0.15) is 29.2 Å². The van der Waals surface area contributed by atoms with Crippen molar-refractivity contribution in [3.63, 3.8) is 0 Å². The second kappa shape index (κ2) is 5.72. The van der Waals surface area contributed by atoms with Crippen molar-refractivity contribution in [1.29, 1.82) is 0 Å². The van der Waals surface area contributed by atoms with E-state index in [1.54, 1.807) is 6.92 Å². The Balaban J connectivity index is 2.59. The van der Waals surface area contributed by atoms with Gasteiger partial charge in [-0.2, -0.15) is 0 Å². The molecule has 2 N–H and O–H groups in total. The predicted octanol–water partition coefficient (Wildman–Crippen LogP) is 0.933. The molecule has 1 rings (SSSR count). The van der Waals surface area contributed by atoms with E-state index in [1.165, 1.54) is 0 Å². The van der Waals surface area contributed by atoms with Gasteiger partial charge in [-0.1, -0.05) is 18.3 Å². The number of carboxylic acid groups (broad SMARTS) is 1. The van der Waals surface area contributed by atoms with E-state index in [-0.39, 0.29) is 18.4 Å². The van der Waals surface area contributed by atoms with Gasteiger partial charge in [0, 0.05) is 6.54 Å². The highest BCUT2D eigenvalue weighted by molar-refractivity contribution is 7.07. The van der Waals surface area contributed by atoms with Crippen LogP contribution >= 0.6 is 11.5 Å². The maximum absolute atomic E-state index is 11.7. The molecule has 0 saturated heterocycles. The lowest BCUT2D eigenvalue weighted by Gasteiger charge is -2.16. The number of hydrogen-bond acceptors (Lipinski definition) is 5. The molecular formula is C10H15N3O3S. The average Bonchev–Trinajstić information content (AvgIpc) is 2.63. The largest absolute Gasteiger partial charge is 0.481 e. The Bertz CT molecular complexity index is 417. The highest BCUT2D eigenvalue weighted by Crippen LogP contribution is 2.12. The van der Waals surface area contributed by atoms with Crippen LogP contribution < -0.4 is 5.32 Å². The van der Waals surface area contributed by atoms with E-state index in [1.807, 2.05) is 13.8 Å². The van der Waals surface area contributed by atoms with Gasteiger partial charge >= 0.3 is 5.97 Å². The standard InChI is InChI=1S/C10H15N3O3S/c1-5(2)7(10(15)16)4-11-9(14)8-6(3)12-13-17-8/h5,7H,4H2,1-3H3,(H,11,14)(H,15,16). The minimum Gasteiger partial charge on any atom is -0.481 e. The molecule has 0 radical (unpaired) electrons. The molecule has 0 spiro atoms. The molecule has 94 valence electrons. The zero-order chi connectivity index (χ0) is 13.0. The second-order valence-corrected chi connectivity index (χ2v) is 4.84. The number of nitrogens with one attached hydrogen (secondary N) is 1. The first-order valence-electron chi connectivity index (χ1n) is 5.23. The zero-order valence-corrected chi connectivity index (χ0v) is 10.7. The van der Waals surface area contributed by atoms with Crippen LogP contribution in [0, 0.1) is 18.8 Å². The van der Waals surface area contributed by atoms with Gasteiger partial charge in [-0.25, -0.2) is 0 Å². The molecule has 0 aromatic carbocycles. The quantitative estimate of drug-likeness (QED) is 0.818. The first-order valence-corrected chi connectivity index (χ1v) is 6.00. The zero-order valence-electron chi connectivity index (χ0n) is 9.93. The molecule has 0 saturated carbocycles. The fourth-order valence-electron chi connectivity index (χ4n) is 1.33. The molecule has 0 aliphatic rings. The van der Waals surface area contributed by atoms with Crippen LogP contribution in [-0.2, 0) is 4.79 Å². The second-order valence-electron chi connectivity index (χ2n) is 4.09. The Morgan fingerprint density at radius 3 is 2.53 bits per heavy atom. The van der Waals surface area contributed by atoms with Crippen LogP contribution in [0.3, 0.4) is 0 Å². The Morgan fingerprint density at radius 1 is 1.47 bits per heavy atom. The van der Waals surface area contributed by atoms with E-state index in [0.717, 1.165) is 11.5 Å². The molecule has 6 nitrogen and oxygen atoms in total. The number of rotatable bonds is 5. The van der Waals surface area contributed by atoms with Crippen molar-refractivity contribution in [3.8, 4) is 0 Å². The van der Waals surface area contributed by atoms with Crippen molar-refractivity contribution in [2.45, 2.75) is 20.8 Å². The predicted molar refractivity (Wildman–Crippen MR) is 62.9 cm³/mol. The SMILES string of the molecule is Cc1nnsc1C(=O)NCC(C(=O)O)C(C)C. The molecule has 1 unspecified atom stereocenters. The number of carbonyl (C=O) groups is 2. The summed E-state index contributed by atoms with van der Waals surface area (Å²) in [4.78, 5) is 23.1. The Labute approximate surface area is 103 Å². The maximum Gasteiger partial charge on any atom is 0.308 e. The molecule has 7 heteroatoms. The van der Waals surface area contributed by atoms with E-state index in [2.05, 4.69) is 14.9 Å². The van der Waals surface area contributed by atoms with E-state index in [0.29, 0.717) is 10.6 Å². The summed E-state index contributed by atoms with van der Waals surface area (Å²) in [5, 5.41) is 15.3. The number of carbonyl (C=O) groups excluding carboxylic acids is 1. The number of hydrogen-bond donors (Lipinski definition) is 2. The van der Waals surface area contributed by atoms with Crippen LogP contribution in [-0.4, -0.2) is 33.1 Å². The summed E-state index contributed by atoms with van der Waals surface area (Å²) in [5.41, 5.74) is 0.559. The summed E-state index contributed by atoms with van der Waals surface area (Å²) in [6.45, 7) is 5.42. The van der Waals surface area contributed by atoms with Crippen LogP contribution in [0.25, 0.3) is 0 Å². The monoisotopic (exact) mass is 257 g/mol. The summed E-state index contributed by atoms with van der Waals surface area (Å²) in [7, 11) is 0. The summed E-state index contributed by atoms with van der Waals surface area (Å²) in [6.07, 6.45) is 0. The molecule has 1 heterocycles. The van der Waals surface area contributed by atoms with Gasteiger partial charge in [0.2, 0.25) is 0 Å². The van der Waals surface area contributed by atoms with Gasteiger partial charge in [0.15, 0.2) is 0 Å².